The van der Waals surface area contributed by atoms with Gasteiger partial charge in [-0.2, -0.15) is 5.26 Å². The summed E-state index contributed by atoms with van der Waals surface area (Å²) in [5, 5.41) is 15.4. The first kappa shape index (κ1) is 28.0. The molecule has 10 heteroatoms. The number of rotatable bonds is 5. The van der Waals surface area contributed by atoms with Gasteiger partial charge in [0.2, 0.25) is 0 Å². The lowest BCUT2D eigenvalue weighted by atomic mass is 10.1. The number of aromatic nitrogens is 4. The SMILES string of the molecule is CC(C)(C)OC(=O)N[C@H]1CCCN(c2c(C#N)c3ncn(Cc4nccc5ccccc45)c(=O)c3n2-c2ccccc2)C1. The topological polar surface area (TPSA) is 118 Å². The molecule has 1 N–H and O–H groups in total. The van der Waals surface area contributed by atoms with Gasteiger partial charge in [0.25, 0.3) is 5.56 Å². The molecule has 1 saturated heterocycles. The van der Waals surface area contributed by atoms with Crippen LogP contribution in [0.4, 0.5) is 10.6 Å². The molecule has 0 unspecified atom stereocenters. The Balaban J connectivity index is 1.46. The summed E-state index contributed by atoms with van der Waals surface area (Å²) in [7, 11) is 0. The quantitative estimate of drug-likeness (QED) is 0.308. The van der Waals surface area contributed by atoms with E-state index in [1.165, 1.54) is 6.33 Å². The Morgan fingerprint density at radius 1 is 1.09 bits per heavy atom. The fourth-order valence-electron chi connectivity index (χ4n) is 5.76. The van der Waals surface area contributed by atoms with Crippen LogP contribution in [0, 0.1) is 11.3 Å². The molecule has 0 bridgehead atoms. The van der Waals surface area contributed by atoms with Crippen molar-refractivity contribution in [2.75, 3.05) is 18.0 Å². The van der Waals surface area contributed by atoms with Crippen molar-refractivity contribution in [1.29, 1.82) is 5.26 Å². The molecule has 43 heavy (non-hydrogen) atoms. The summed E-state index contributed by atoms with van der Waals surface area (Å²) in [4.78, 5) is 38.1. The third-order valence-corrected chi connectivity index (χ3v) is 7.55. The van der Waals surface area contributed by atoms with E-state index in [-0.39, 0.29) is 18.1 Å². The van der Waals surface area contributed by atoms with Crippen LogP contribution < -0.4 is 15.8 Å². The highest BCUT2D eigenvalue weighted by atomic mass is 16.6. The molecule has 2 aromatic carbocycles. The number of nitrogens with one attached hydrogen (secondary N) is 1. The third-order valence-electron chi connectivity index (χ3n) is 7.55. The van der Waals surface area contributed by atoms with E-state index in [4.69, 9.17) is 4.74 Å². The van der Waals surface area contributed by atoms with Crippen molar-refractivity contribution in [3.63, 3.8) is 0 Å². The van der Waals surface area contributed by atoms with Gasteiger partial charge in [-0.3, -0.25) is 18.9 Å². The van der Waals surface area contributed by atoms with Crippen LogP contribution in [0.2, 0.25) is 0 Å². The van der Waals surface area contributed by atoms with Gasteiger partial charge in [-0.1, -0.05) is 42.5 Å². The van der Waals surface area contributed by atoms with Crippen molar-refractivity contribution in [3.05, 3.63) is 94.8 Å². The van der Waals surface area contributed by atoms with Crippen molar-refractivity contribution < 1.29 is 9.53 Å². The molecule has 218 valence electrons. The van der Waals surface area contributed by atoms with Crippen molar-refractivity contribution >= 4 is 33.7 Å². The summed E-state index contributed by atoms with van der Waals surface area (Å²) < 4.78 is 8.87. The minimum absolute atomic E-state index is 0.195. The number of piperidine rings is 1. The van der Waals surface area contributed by atoms with Gasteiger partial charge in [0.05, 0.1) is 18.6 Å². The van der Waals surface area contributed by atoms with Crippen molar-refractivity contribution in [2.45, 2.75) is 51.8 Å². The number of anilines is 1. The van der Waals surface area contributed by atoms with Gasteiger partial charge in [-0.05, 0) is 57.2 Å². The molecule has 1 amide bonds. The van der Waals surface area contributed by atoms with Crippen LogP contribution in [0.15, 0.2) is 78.0 Å². The van der Waals surface area contributed by atoms with Crippen LogP contribution in [-0.2, 0) is 11.3 Å². The number of hydrogen-bond donors (Lipinski definition) is 1. The van der Waals surface area contributed by atoms with E-state index in [0.29, 0.717) is 35.5 Å². The average molecular weight is 576 g/mol. The van der Waals surface area contributed by atoms with Crippen LogP contribution in [0.25, 0.3) is 27.5 Å². The predicted octanol–water partition coefficient (Wildman–Crippen LogP) is 5.15. The molecule has 10 nitrogen and oxygen atoms in total. The highest BCUT2D eigenvalue weighted by Gasteiger charge is 2.31. The number of pyridine rings is 1. The van der Waals surface area contributed by atoms with Crippen LogP contribution in [0.1, 0.15) is 44.9 Å². The van der Waals surface area contributed by atoms with Gasteiger partial charge in [-0.25, -0.2) is 9.78 Å². The number of benzene rings is 2. The van der Waals surface area contributed by atoms with Crippen LogP contribution in [0.3, 0.4) is 0 Å². The zero-order valence-corrected chi connectivity index (χ0v) is 24.4. The maximum atomic E-state index is 14.2. The molecule has 5 aromatic rings. The molecular weight excluding hydrogens is 542 g/mol. The largest absolute Gasteiger partial charge is 0.444 e. The number of nitrogens with zero attached hydrogens (tertiary/aromatic N) is 6. The summed E-state index contributed by atoms with van der Waals surface area (Å²) in [5.74, 6) is 0.588. The van der Waals surface area contributed by atoms with Crippen LogP contribution in [0.5, 0.6) is 0 Å². The maximum Gasteiger partial charge on any atom is 0.407 e. The standard InChI is InChI=1S/C33H33N7O3/c1-33(2,3)43-32(42)37-23-11-9-17-38(19-23)30-26(18-34)28-29(40(30)24-12-5-4-6-13-24)31(41)39(21-36-28)20-27-25-14-8-7-10-22(25)15-16-35-27/h4-8,10,12-16,21,23H,9,11,17,19-20H2,1-3H3,(H,37,42)/t23-/m0/s1. The Morgan fingerprint density at radius 3 is 2.63 bits per heavy atom. The van der Waals surface area contributed by atoms with E-state index in [2.05, 4.69) is 26.3 Å². The molecule has 0 radical (unpaired) electrons. The molecule has 6 rings (SSSR count). The zero-order valence-electron chi connectivity index (χ0n) is 24.4. The number of nitriles is 1. The van der Waals surface area contributed by atoms with Gasteiger partial charge >= 0.3 is 6.09 Å². The molecule has 1 atom stereocenters. The van der Waals surface area contributed by atoms with E-state index in [1.54, 1.807) is 10.8 Å². The lowest BCUT2D eigenvalue weighted by Gasteiger charge is -2.35. The number of para-hydroxylation sites is 1. The summed E-state index contributed by atoms with van der Waals surface area (Å²) in [6.45, 7) is 6.81. The lowest BCUT2D eigenvalue weighted by molar-refractivity contribution is 0.0500. The summed E-state index contributed by atoms with van der Waals surface area (Å²) >= 11 is 0. The lowest BCUT2D eigenvalue weighted by Crippen LogP contribution is -2.49. The fraction of sp³-hybridized carbons (Fsp3) is 0.303. The molecule has 1 fully saturated rings. The predicted molar refractivity (Wildman–Crippen MR) is 165 cm³/mol. The number of ether oxygens (including phenoxy) is 1. The summed E-state index contributed by atoms with van der Waals surface area (Å²) in [5.41, 5.74) is 1.60. The van der Waals surface area contributed by atoms with Gasteiger partial charge in [-0.15, -0.1) is 0 Å². The first-order valence-electron chi connectivity index (χ1n) is 14.4. The minimum Gasteiger partial charge on any atom is -0.444 e. The van der Waals surface area contributed by atoms with Crippen molar-refractivity contribution in [3.8, 4) is 11.8 Å². The number of carbonyl (C=O) groups is 1. The van der Waals surface area contributed by atoms with Gasteiger partial charge in [0.1, 0.15) is 34.1 Å². The van der Waals surface area contributed by atoms with Crippen molar-refractivity contribution in [1.82, 2.24) is 24.4 Å². The normalized spacial score (nSPS) is 15.4. The second-order valence-corrected chi connectivity index (χ2v) is 11.8. The monoisotopic (exact) mass is 575 g/mol. The summed E-state index contributed by atoms with van der Waals surface area (Å²) in [6, 6.07) is 21.5. The average Bonchev–Trinajstić information content (AvgIpc) is 3.33. The first-order chi connectivity index (χ1) is 20.7. The Hall–Kier alpha value is -5.17. The van der Waals surface area contributed by atoms with Gasteiger partial charge in [0, 0.05) is 36.4 Å². The van der Waals surface area contributed by atoms with Crippen LogP contribution >= 0.6 is 0 Å². The minimum atomic E-state index is -0.612. The molecule has 1 aliphatic heterocycles. The molecule has 0 aliphatic carbocycles. The van der Waals surface area contributed by atoms with E-state index in [1.807, 2.05) is 86.0 Å². The molecule has 0 saturated carbocycles. The number of alkyl carbamates (subject to hydrolysis) is 1. The smallest absolute Gasteiger partial charge is 0.407 e. The highest BCUT2D eigenvalue weighted by Crippen LogP contribution is 2.34. The Bertz CT molecular complexity index is 1910. The highest BCUT2D eigenvalue weighted by molar-refractivity contribution is 5.91. The zero-order chi connectivity index (χ0) is 30.1. The number of hydrogen-bond acceptors (Lipinski definition) is 7. The van der Waals surface area contributed by atoms with E-state index >= 15 is 0 Å². The van der Waals surface area contributed by atoms with Crippen molar-refractivity contribution in [2.24, 2.45) is 0 Å². The molecule has 3 aromatic heterocycles. The molecule has 1 aliphatic rings. The van der Waals surface area contributed by atoms with Gasteiger partial charge in [0.15, 0.2) is 0 Å². The number of amides is 1. The Labute approximate surface area is 249 Å². The first-order valence-corrected chi connectivity index (χ1v) is 14.4. The number of fused-ring (bicyclic) bond motifs is 2. The third kappa shape index (κ3) is 5.54. The van der Waals surface area contributed by atoms with E-state index in [0.717, 1.165) is 35.0 Å². The molecular formula is C33H33N7O3. The van der Waals surface area contributed by atoms with Gasteiger partial charge < -0.3 is 15.0 Å². The second kappa shape index (κ2) is 11.2. The maximum absolute atomic E-state index is 14.2. The van der Waals surface area contributed by atoms with Crippen LogP contribution in [-0.4, -0.2) is 49.9 Å². The van der Waals surface area contributed by atoms with E-state index < -0.39 is 11.7 Å². The Morgan fingerprint density at radius 2 is 1.86 bits per heavy atom. The fourth-order valence-corrected chi connectivity index (χ4v) is 5.76. The second-order valence-electron chi connectivity index (χ2n) is 11.8. The number of carbonyl (C=O) groups excluding carboxylic acids is 1. The summed E-state index contributed by atoms with van der Waals surface area (Å²) in [6.07, 6.45) is 4.32. The van der Waals surface area contributed by atoms with E-state index in [9.17, 15) is 14.9 Å². The molecule has 4 heterocycles. The molecule has 0 spiro atoms. The Kier molecular flexibility index (Phi) is 7.32.